The van der Waals surface area contributed by atoms with Gasteiger partial charge >= 0.3 is 0 Å². The predicted molar refractivity (Wildman–Crippen MR) is 171 cm³/mol. The smallest absolute Gasteiger partial charge is 0.296 e. The molecule has 0 unspecified atom stereocenters. The molecule has 3 heterocycles. The third-order valence-corrected chi connectivity index (χ3v) is 7.63. The van der Waals surface area contributed by atoms with Crippen molar-refractivity contribution in [2.75, 3.05) is 5.73 Å². The van der Waals surface area contributed by atoms with Crippen molar-refractivity contribution in [1.82, 2.24) is 23.7 Å². The Kier molecular flexibility index (Phi) is 7.05. The van der Waals surface area contributed by atoms with Crippen molar-refractivity contribution >= 4 is 11.5 Å². The summed E-state index contributed by atoms with van der Waals surface area (Å²) in [6.07, 6.45) is 0. The zero-order valence-corrected chi connectivity index (χ0v) is 24.2. The fourth-order valence-corrected chi connectivity index (χ4v) is 5.34. The fraction of sp³-hybridized carbons (Fsp3) is 0.0588. The molecule has 0 spiro atoms. The van der Waals surface area contributed by atoms with Crippen LogP contribution in [-0.4, -0.2) is 23.7 Å². The first kappa shape index (κ1) is 28.4. The van der Waals surface area contributed by atoms with E-state index >= 15 is 0 Å². The first-order valence-electron chi connectivity index (χ1n) is 13.7. The topological polar surface area (TPSA) is 138 Å². The molecule has 0 fully saturated rings. The summed E-state index contributed by atoms with van der Waals surface area (Å²) < 4.78 is 5.15. The molecule has 0 amide bonds. The summed E-state index contributed by atoms with van der Waals surface area (Å²) in [5.41, 5.74) is 7.41. The van der Waals surface area contributed by atoms with E-state index in [1.807, 2.05) is 42.5 Å². The number of hydrogen-bond donors (Lipinski definition) is 1. The molecule has 0 radical (unpaired) electrons. The van der Waals surface area contributed by atoms with Crippen LogP contribution in [0.1, 0.15) is 11.3 Å². The molecule has 3 aromatic heterocycles. The number of para-hydroxylation sites is 1. The summed E-state index contributed by atoms with van der Waals surface area (Å²) in [6, 6.07) is 29.7. The van der Waals surface area contributed by atoms with Crippen LogP contribution < -0.4 is 22.4 Å². The van der Waals surface area contributed by atoms with Crippen LogP contribution in [0.4, 0.5) is 11.5 Å². The summed E-state index contributed by atoms with van der Waals surface area (Å²) >= 11 is 0. The lowest BCUT2D eigenvalue weighted by Crippen LogP contribution is -2.30. The molecule has 2 N–H and O–H groups in total. The van der Waals surface area contributed by atoms with E-state index in [0.717, 1.165) is 10.1 Å². The van der Waals surface area contributed by atoms with Crippen LogP contribution in [0.3, 0.4) is 0 Å². The number of nitrogens with zero attached hydrogens (tertiary/aromatic N) is 7. The average Bonchev–Trinajstić information content (AvgIpc) is 3.29. The van der Waals surface area contributed by atoms with Gasteiger partial charge in [-0.25, -0.2) is 9.53 Å². The van der Waals surface area contributed by atoms with E-state index in [2.05, 4.69) is 9.94 Å². The summed E-state index contributed by atoms with van der Waals surface area (Å²) in [6.45, 7) is 9.61. The maximum absolute atomic E-state index is 13.9. The van der Waals surface area contributed by atoms with Gasteiger partial charge in [0.1, 0.15) is 23.1 Å². The number of nitrogens with two attached hydrogens (primary N) is 1. The Hall–Kier alpha value is -6.72. The molecule has 6 rings (SSSR count). The molecule has 11 nitrogen and oxygen atoms in total. The van der Waals surface area contributed by atoms with Gasteiger partial charge in [0.25, 0.3) is 16.7 Å². The fourth-order valence-electron chi connectivity index (χ4n) is 5.34. The Morgan fingerprint density at radius 3 is 2.09 bits per heavy atom. The molecule has 218 valence electrons. The van der Waals surface area contributed by atoms with Crippen molar-refractivity contribution in [2.24, 2.45) is 7.05 Å². The Bertz CT molecular complexity index is 2370. The molecule has 0 aliphatic rings. The van der Waals surface area contributed by atoms with Crippen LogP contribution in [0.2, 0.25) is 0 Å². The molecule has 0 bridgehead atoms. The molecule has 6 aromatic rings. The largest absolute Gasteiger partial charge is 0.394 e. The first-order valence-corrected chi connectivity index (χ1v) is 13.7. The summed E-state index contributed by atoms with van der Waals surface area (Å²) in [5, 5.41) is 14.7. The maximum atomic E-state index is 13.9. The summed E-state index contributed by atoms with van der Waals surface area (Å²) in [5.74, 6) is -0.271. The maximum Gasteiger partial charge on any atom is 0.296 e. The number of benzene rings is 3. The van der Waals surface area contributed by atoms with Crippen molar-refractivity contribution in [3.8, 4) is 45.5 Å². The third-order valence-electron chi connectivity index (χ3n) is 7.63. The number of rotatable bonds is 5. The normalized spacial score (nSPS) is 10.8. The van der Waals surface area contributed by atoms with E-state index in [4.69, 9.17) is 12.3 Å². The zero-order chi connectivity index (χ0) is 31.8. The molecule has 0 saturated carbocycles. The summed E-state index contributed by atoms with van der Waals surface area (Å²) in [7, 11) is 1.67. The van der Waals surface area contributed by atoms with E-state index in [1.54, 1.807) is 73.3 Å². The molecular weight excluding hydrogens is 568 g/mol. The Morgan fingerprint density at radius 1 is 0.822 bits per heavy atom. The van der Waals surface area contributed by atoms with Gasteiger partial charge in [-0.2, -0.15) is 15.0 Å². The van der Waals surface area contributed by atoms with Crippen LogP contribution in [0.25, 0.3) is 44.3 Å². The second kappa shape index (κ2) is 11.2. The molecule has 11 heteroatoms. The lowest BCUT2D eigenvalue weighted by molar-refractivity contribution is 0.630. The molecule has 0 aliphatic heterocycles. The van der Waals surface area contributed by atoms with Gasteiger partial charge in [-0.15, -0.1) is 0 Å². The molecule has 0 atom stereocenters. The molecule has 45 heavy (non-hydrogen) atoms. The minimum absolute atomic E-state index is 0.0353. The van der Waals surface area contributed by atoms with Crippen molar-refractivity contribution < 1.29 is 0 Å². The Balaban J connectivity index is 1.51. The van der Waals surface area contributed by atoms with Crippen LogP contribution in [-0.2, 0) is 7.05 Å². The van der Waals surface area contributed by atoms with E-state index in [-0.39, 0.29) is 33.9 Å². The van der Waals surface area contributed by atoms with Crippen molar-refractivity contribution in [2.45, 2.75) is 6.92 Å². The summed E-state index contributed by atoms with van der Waals surface area (Å²) in [4.78, 5) is 43.9. The van der Waals surface area contributed by atoms with Crippen molar-refractivity contribution in [3.05, 3.63) is 151 Å². The average molecular weight is 593 g/mol. The van der Waals surface area contributed by atoms with Crippen LogP contribution >= 0.6 is 0 Å². The first-order chi connectivity index (χ1) is 21.8. The van der Waals surface area contributed by atoms with Crippen LogP contribution in [0.5, 0.6) is 0 Å². The van der Waals surface area contributed by atoms with E-state index in [9.17, 15) is 19.6 Å². The SMILES string of the molecule is [C-]#[N+]c1c(-c2ccc(-n3nc(-c4ccccc4)ccc3=O)cc2)c(C#N)c(=O)n(-c2c(C)n(C)n(-c3ccccc3)c2=O)c1N. The molecule has 0 saturated heterocycles. The standard InChI is InChI=1S/C34H24N8O3/c1-21-31(34(45)42(39(21)3)25-12-8-5-9-13-25)40-32(36)30(37-2)29(26(20-35)33(40)44)23-14-16-24(17-15-23)41-28(43)19-18-27(38-41)22-10-6-4-7-11-22/h4-19H,36H2,1,3H3. The van der Waals surface area contributed by atoms with Crippen LogP contribution in [0.15, 0.2) is 111 Å². The number of pyridine rings is 1. The van der Waals surface area contributed by atoms with E-state index in [0.29, 0.717) is 28.3 Å². The Morgan fingerprint density at radius 2 is 1.47 bits per heavy atom. The third kappa shape index (κ3) is 4.61. The Labute approximate surface area is 256 Å². The van der Waals surface area contributed by atoms with Gasteiger partial charge in [-0.1, -0.05) is 60.7 Å². The highest BCUT2D eigenvalue weighted by Crippen LogP contribution is 2.38. The highest BCUT2D eigenvalue weighted by Gasteiger charge is 2.27. The van der Waals surface area contributed by atoms with Crippen molar-refractivity contribution in [3.63, 3.8) is 0 Å². The number of aromatic nitrogens is 5. The quantitative estimate of drug-likeness (QED) is 0.292. The second-order valence-corrected chi connectivity index (χ2v) is 10.1. The number of anilines is 1. The lowest BCUT2D eigenvalue weighted by atomic mass is 9.99. The molecule has 3 aromatic carbocycles. The van der Waals surface area contributed by atoms with Gasteiger partial charge in [0.15, 0.2) is 0 Å². The molecule has 0 aliphatic carbocycles. The van der Waals surface area contributed by atoms with Gasteiger partial charge in [-0.3, -0.25) is 23.6 Å². The molecular formula is C34H24N8O3. The second-order valence-electron chi connectivity index (χ2n) is 10.1. The highest BCUT2D eigenvalue weighted by molar-refractivity contribution is 5.90. The predicted octanol–water partition coefficient (Wildman–Crippen LogP) is 4.52. The lowest BCUT2D eigenvalue weighted by Gasteiger charge is -2.16. The minimum Gasteiger partial charge on any atom is -0.394 e. The number of nitriles is 1. The van der Waals surface area contributed by atoms with E-state index < -0.39 is 11.1 Å². The van der Waals surface area contributed by atoms with Crippen LogP contribution in [0, 0.1) is 24.8 Å². The number of nitrogen functional groups attached to an aromatic ring is 1. The number of hydrogen-bond acceptors (Lipinski definition) is 6. The van der Waals surface area contributed by atoms with Gasteiger partial charge in [0, 0.05) is 24.2 Å². The van der Waals surface area contributed by atoms with Crippen molar-refractivity contribution in [1.29, 1.82) is 5.26 Å². The van der Waals surface area contributed by atoms with Gasteiger partial charge in [0.2, 0.25) is 5.69 Å². The van der Waals surface area contributed by atoms with Gasteiger partial charge in [0.05, 0.1) is 29.3 Å². The highest BCUT2D eigenvalue weighted by atomic mass is 16.1. The monoisotopic (exact) mass is 592 g/mol. The minimum atomic E-state index is -0.832. The van der Waals surface area contributed by atoms with E-state index in [1.165, 1.54) is 15.4 Å². The zero-order valence-electron chi connectivity index (χ0n) is 24.2. The van der Waals surface area contributed by atoms with Gasteiger partial charge in [-0.05, 0) is 42.8 Å². The van der Waals surface area contributed by atoms with Gasteiger partial charge < -0.3 is 5.73 Å².